The maximum Gasteiger partial charge on any atom is 0.270 e. The third-order valence-corrected chi connectivity index (χ3v) is 4.27. The monoisotopic (exact) mass is 344 g/mol. The Balaban J connectivity index is 2.14. The molecule has 0 fully saturated rings. The van der Waals surface area contributed by atoms with Gasteiger partial charge in [0.2, 0.25) is 0 Å². The molecule has 0 saturated carbocycles. The molecule has 0 aliphatic carbocycles. The van der Waals surface area contributed by atoms with Crippen LogP contribution < -0.4 is 5.56 Å². The van der Waals surface area contributed by atoms with Gasteiger partial charge in [0.15, 0.2) is 5.16 Å². The number of hydrogen-bond acceptors (Lipinski definition) is 5. The summed E-state index contributed by atoms with van der Waals surface area (Å²) in [7, 11) is 0. The van der Waals surface area contributed by atoms with Gasteiger partial charge in [-0.2, -0.15) is 10.5 Å². The molecule has 3 rings (SSSR count). The van der Waals surface area contributed by atoms with Crippen molar-refractivity contribution in [1.29, 1.82) is 10.5 Å². The van der Waals surface area contributed by atoms with Crippen molar-refractivity contribution in [1.82, 2.24) is 9.97 Å². The van der Waals surface area contributed by atoms with Crippen LogP contribution in [0.4, 0.5) is 0 Å². The van der Waals surface area contributed by atoms with Gasteiger partial charge >= 0.3 is 0 Å². The Morgan fingerprint density at radius 3 is 2.36 bits per heavy atom. The Morgan fingerprint density at radius 2 is 1.72 bits per heavy atom. The van der Waals surface area contributed by atoms with Gasteiger partial charge in [-0.25, -0.2) is 4.98 Å². The number of hydrogen-bond donors (Lipinski definition) is 1. The van der Waals surface area contributed by atoms with Gasteiger partial charge in [0.25, 0.3) is 5.56 Å². The van der Waals surface area contributed by atoms with Crippen molar-refractivity contribution in [2.24, 2.45) is 0 Å². The summed E-state index contributed by atoms with van der Waals surface area (Å²) in [6.07, 6.45) is 1.81. The summed E-state index contributed by atoms with van der Waals surface area (Å²) in [5, 5.41) is 18.7. The number of thioether (sulfide) groups is 1. The summed E-state index contributed by atoms with van der Waals surface area (Å²) in [6.45, 7) is 0. The molecular formula is C19H12N4OS. The van der Waals surface area contributed by atoms with E-state index in [1.807, 2.05) is 42.5 Å². The number of aromatic amines is 1. The molecule has 0 amide bonds. The van der Waals surface area contributed by atoms with E-state index < -0.39 is 5.56 Å². The van der Waals surface area contributed by atoms with Crippen LogP contribution in [0.15, 0.2) is 58.5 Å². The van der Waals surface area contributed by atoms with E-state index >= 15 is 0 Å². The Kier molecular flexibility index (Phi) is 4.65. The quantitative estimate of drug-likeness (QED) is 0.579. The first-order chi connectivity index (χ1) is 12.2. The Hall–Kier alpha value is -3.35. The normalized spacial score (nSPS) is 10.0. The number of nitrogens with one attached hydrogen (secondary N) is 1. The molecule has 6 heteroatoms. The first-order valence-electron chi connectivity index (χ1n) is 7.35. The highest BCUT2D eigenvalue weighted by Crippen LogP contribution is 2.27. The summed E-state index contributed by atoms with van der Waals surface area (Å²) in [6, 6.07) is 18.7. The van der Waals surface area contributed by atoms with Crippen molar-refractivity contribution in [2.45, 2.75) is 5.16 Å². The highest BCUT2D eigenvalue weighted by Gasteiger charge is 2.13. The fourth-order valence-electron chi connectivity index (χ4n) is 2.45. The second-order valence-corrected chi connectivity index (χ2v) is 5.98. The van der Waals surface area contributed by atoms with Crippen molar-refractivity contribution < 1.29 is 0 Å². The summed E-state index contributed by atoms with van der Waals surface area (Å²) < 4.78 is 0. The highest BCUT2D eigenvalue weighted by molar-refractivity contribution is 7.98. The lowest BCUT2D eigenvalue weighted by molar-refractivity contribution is 0.938. The standard InChI is InChI=1S/C19H12N4OS/c1-25-19-22-17(16(11-21)18(24)23-19)15-4-2-3-14(9-15)13-7-5-12(10-20)6-8-13/h2-9H,1H3,(H,22,23,24). The lowest BCUT2D eigenvalue weighted by Gasteiger charge is -2.08. The van der Waals surface area contributed by atoms with Gasteiger partial charge in [0.1, 0.15) is 11.6 Å². The third-order valence-electron chi connectivity index (χ3n) is 3.69. The van der Waals surface area contributed by atoms with Crippen LogP contribution in [0.2, 0.25) is 0 Å². The smallest absolute Gasteiger partial charge is 0.270 e. The van der Waals surface area contributed by atoms with Crippen LogP contribution in [0.3, 0.4) is 0 Å². The Labute approximate surface area is 148 Å². The van der Waals surface area contributed by atoms with Crippen molar-refractivity contribution in [3.05, 3.63) is 70.0 Å². The highest BCUT2D eigenvalue weighted by atomic mass is 32.2. The minimum Gasteiger partial charge on any atom is -0.300 e. The molecule has 0 saturated heterocycles. The zero-order valence-electron chi connectivity index (χ0n) is 13.3. The number of aromatic nitrogens is 2. The minimum absolute atomic E-state index is 0.00483. The van der Waals surface area contributed by atoms with Crippen LogP contribution in [0.25, 0.3) is 22.4 Å². The lowest BCUT2D eigenvalue weighted by Crippen LogP contribution is -2.14. The molecule has 0 aliphatic heterocycles. The van der Waals surface area contributed by atoms with Gasteiger partial charge in [-0.3, -0.25) is 4.79 Å². The van der Waals surface area contributed by atoms with Crippen molar-refractivity contribution in [2.75, 3.05) is 6.26 Å². The van der Waals surface area contributed by atoms with Crippen LogP contribution in [0.1, 0.15) is 11.1 Å². The van der Waals surface area contributed by atoms with Gasteiger partial charge in [0.05, 0.1) is 17.3 Å². The van der Waals surface area contributed by atoms with E-state index in [9.17, 15) is 10.1 Å². The number of benzene rings is 2. The maximum atomic E-state index is 12.1. The first kappa shape index (κ1) is 16.5. The summed E-state index contributed by atoms with van der Waals surface area (Å²) in [4.78, 5) is 19.1. The molecule has 0 spiro atoms. The molecule has 0 aliphatic rings. The SMILES string of the molecule is CSc1nc(-c2cccc(-c3ccc(C#N)cc3)c2)c(C#N)c(=O)[nH]1. The molecule has 3 aromatic rings. The zero-order chi connectivity index (χ0) is 17.8. The first-order valence-corrected chi connectivity index (χ1v) is 8.58. The van der Waals surface area contributed by atoms with E-state index in [1.54, 1.807) is 18.4 Å². The molecule has 1 N–H and O–H groups in total. The zero-order valence-corrected chi connectivity index (χ0v) is 14.1. The third kappa shape index (κ3) is 3.30. The average molecular weight is 344 g/mol. The number of nitriles is 2. The summed E-state index contributed by atoms with van der Waals surface area (Å²) in [5.74, 6) is 0. The molecule has 2 aromatic carbocycles. The minimum atomic E-state index is -0.444. The van der Waals surface area contributed by atoms with E-state index in [1.165, 1.54) is 11.8 Å². The van der Waals surface area contributed by atoms with Crippen LogP contribution in [-0.4, -0.2) is 16.2 Å². The Morgan fingerprint density at radius 1 is 1.00 bits per heavy atom. The van der Waals surface area contributed by atoms with E-state index in [-0.39, 0.29) is 5.56 Å². The predicted octanol–water partition coefficient (Wildman–Crippen LogP) is 3.57. The molecule has 0 bridgehead atoms. The largest absolute Gasteiger partial charge is 0.300 e. The van der Waals surface area contributed by atoms with Gasteiger partial charge in [-0.1, -0.05) is 42.1 Å². The molecule has 5 nitrogen and oxygen atoms in total. The number of nitrogens with zero attached hydrogens (tertiary/aromatic N) is 3. The fourth-order valence-corrected chi connectivity index (χ4v) is 2.82. The molecule has 0 atom stereocenters. The van der Waals surface area contributed by atoms with E-state index in [0.717, 1.165) is 11.1 Å². The summed E-state index contributed by atoms with van der Waals surface area (Å²) >= 11 is 1.31. The van der Waals surface area contributed by atoms with Crippen molar-refractivity contribution in [3.8, 4) is 34.5 Å². The van der Waals surface area contributed by atoms with E-state index in [0.29, 0.717) is 22.0 Å². The fraction of sp³-hybridized carbons (Fsp3) is 0.0526. The van der Waals surface area contributed by atoms with Gasteiger partial charge < -0.3 is 4.98 Å². The van der Waals surface area contributed by atoms with E-state index in [4.69, 9.17) is 5.26 Å². The molecule has 1 heterocycles. The summed E-state index contributed by atoms with van der Waals surface area (Å²) in [5.41, 5.74) is 3.06. The molecular weight excluding hydrogens is 332 g/mol. The second-order valence-electron chi connectivity index (χ2n) is 5.18. The topological polar surface area (TPSA) is 93.3 Å². The van der Waals surface area contributed by atoms with Gasteiger partial charge in [0, 0.05) is 5.56 Å². The molecule has 25 heavy (non-hydrogen) atoms. The van der Waals surface area contributed by atoms with E-state index in [2.05, 4.69) is 16.0 Å². The molecule has 0 unspecified atom stereocenters. The molecule has 1 aromatic heterocycles. The predicted molar refractivity (Wildman–Crippen MR) is 96.9 cm³/mol. The van der Waals surface area contributed by atoms with Crippen LogP contribution in [-0.2, 0) is 0 Å². The van der Waals surface area contributed by atoms with Crippen molar-refractivity contribution in [3.63, 3.8) is 0 Å². The van der Waals surface area contributed by atoms with Crippen LogP contribution in [0.5, 0.6) is 0 Å². The second kappa shape index (κ2) is 7.04. The van der Waals surface area contributed by atoms with Crippen LogP contribution >= 0.6 is 11.8 Å². The molecule has 0 radical (unpaired) electrons. The molecule has 120 valence electrons. The number of rotatable bonds is 3. The van der Waals surface area contributed by atoms with Gasteiger partial charge in [-0.05, 0) is 35.6 Å². The Bertz CT molecular complexity index is 1070. The van der Waals surface area contributed by atoms with Crippen molar-refractivity contribution >= 4 is 11.8 Å². The average Bonchev–Trinajstić information content (AvgIpc) is 2.67. The lowest BCUT2D eigenvalue weighted by atomic mass is 9.99. The van der Waals surface area contributed by atoms with Crippen LogP contribution in [0, 0.1) is 22.7 Å². The maximum absolute atomic E-state index is 12.1. The van der Waals surface area contributed by atoms with Gasteiger partial charge in [-0.15, -0.1) is 0 Å². The number of H-pyrrole nitrogens is 1.